The average Bonchev–Trinajstić information content (AvgIpc) is 3.35. The molecule has 0 bridgehead atoms. The summed E-state index contributed by atoms with van der Waals surface area (Å²) in [5, 5.41) is 12.0. The van der Waals surface area contributed by atoms with Crippen LogP contribution in [0.4, 0.5) is 0 Å². The fourth-order valence-corrected chi connectivity index (χ4v) is 6.14. The van der Waals surface area contributed by atoms with E-state index in [9.17, 15) is 9.90 Å². The van der Waals surface area contributed by atoms with Gasteiger partial charge in [-0.2, -0.15) is 0 Å². The number of fused-ring (bicyclic) bond motifs is 2. The lowest BCUT2D eigenvalue weighted by Crippen LogP contribution is -2.35. The quantitative estimate of drug-likeness (QED) is 0.206. The number of likely N-dealkylation sites (tertiary alicyclic amines) is 1. The summed E-state index contributed by atoms with van der Waals surface area (Å²) >= 11 is 7.30. The van der Waals surface area contributed by atoms with Gasteiger partial charge < -0.3 is 5.11 Å². The van der Waals surface area contributed by atoms with Gasteiger partial charge in [0, 0.05) is 30.4 Å². The molecule has 0 amide bonds. The third-order valence-corrected chi connectivity index (χ3v) is 8.29. The summed E-state index contributed by atoms with van der Waals surface area (Å²) < 4.78 is 2.31. The van der Waals surface area contributed by atoms with Gasteiger partial charge in [0.1, 0.15) is 11.0 Å². The number of thiophene rings is 1. The number of nitrogens with zero attached hydrogens (tertiary/aromatic N) is 3. The van der Waals surface area contributed by atoms with Gasteiger partial charge in [0.05, 0.1) is 17.3 Å². The van der Waals surface area contributed by atoms with Crippen molar-refractivity contribution in [2.45, 2.75) is 45.3 Å². The number of piperidine rings is 1. The van der Waals surface area contributed by atoms with Crippen molar-refractivity contribution in [3.05, 3.63) is 87.8 Å². The number of aliphatic hydroxyl groups is 1. The Morgan fingerprint density at radius 2 is 1.92 bits per heavy atom. The fraction of sp³-hybridized carbons (Fsp3) is 0.333. The fourth-order valence-electron chi connectivity index (χ4n) is 4.93. The first-order valence-electron chi connectivity index (χ1n) is 12.9. The number of hydrogen-bond donors (Lipinski definition) is 1. The third-order valence-electron chi connectivity index (χ3n) is 6.93. The molecule has 0 unspecified atom stereocenters. The maximum atomic E-state index is 13.5. The van der Waals surface area contributed by atoms with Crippen molar-refractivity contribution in [3.63, 3.8) is 0 Å². The van der Waals surface area contributed by atoms with E-state index in [2.05, 4.69) is 59.3 Å². The molecule has 5 nitrogen and oxygen atoms in total. The number of alkyl halides is 1. The molecule has 0 saturated carbocycles. The van der Waals surface area contributed by atoms with E-state index >= 15 is 0 Å². The Kier molecular flexibility index (Phi) is 8.20. The number of allylic oxidation sites excluding steroid dienone is 4. The highest BCUT2D eigenvalue weighted by Crippen LogP contribution is 2.30. The molecule has 2 aromatic carbocycles. The Bertz CT molecular complexity index is 1510. The van der Waals surface area contributed by atoms with Crippen LogP contribution in [0.25, 0.3) is 32.2 Å². The molecule has 37 heavy (non-hydrogen) atoms. The number of hydrogen-bond acceptors (Lipinski definition) is 5. The van der Waals surface area contributed by atoms with Crippen LogP contribution in [0.15, 0.2) is 71.8 Å². The smallest absolute Gasteiger partial charge is 0.275 e. The number of rotatable bonds is 8. The van der Waals surface area contributed by atoms with Crippen LogP contribution in [-0.4, -0.2) is 44.6 Å². The zero-order valence-electron chi connectivity index (χ0n) is 21.1. The summed E-state index contributed by atoms with van der Waals surface area (Å²) in [6.07, 6.45) is 11.1. The molecular formula is C30H32ClN3O2S. The summed E-state index contributed by atoms with van der Waals surface area (Å²) in [7, 11) is 0. The van der Waals surface area contributed by atoms with Crippen LogP contribution in [0.3, 0.4) is 0 Å². The number of benzene rings is 2. The summed E-state index contributed by atoms with van der Waals surface area (Å²) in [6.45, 7) is 4.87. The van der Waals surface area contributed by atoms with Crippen LogP contribution in [0, 0.1) is 0 Å². The lowest BCUT2D eigenvalue weighted by molar-refractivity contribution is 0.0792. The van der Waals surface area contributed by atoms with E-state index in [0.717, 1.165) is 72.2 Å². The summed E-state index contributed by atoms with van der Waals surface area (Å²) in [5.74, 6) is 0.495. The molecule has 0 aliphatic carbocycles. The second kappa shape index (κ2) is 11.7. The molecule has 3 heterocycles. The Morgan fingerprint density at radius 1 is 1.14 bits per heavy atom. The average molecular weight is 534 g/mol. The lowest BCUT2D eigenvalue weighted by atomic mass is 10.0. The van der Waals surface area contributed by atoms with E-state index in [1.54, 1.807) is 10.9 Å². The Balaban J connectivity index is 1.42. The maximum Gasteiger partial charge on any atom is 0.275 e. The molecule has 0 radical (unpaired) electrons. The van der Waals surface area contributed by atoms with E-state index < -0.39 is 0 Å². The first-order valence-corrected chi connectivity index (χ1v) is 14.3. The second-order valence-corrected chi connectivity index (χ2v) is 10.9. The van der Waals surface area contributed by atoms with E-state index in [1.807, 2.05) is 18.2 Å². The molecule has 2 aromatic heterocycles. The van der Waals surface area contributed by atoms with Crippen LogP contribution in [0.5, 0.6) is 0 Å². The van der Waals surface area contributed by atoms with Gasteiger partial charge in [-0.15, -0.1) is 22.9 Å². The van der Waals surface area contributed by atoms with Crippen molar-refractivity contribution in [2.24, 2.45) is 0 Å². The van der Waals surface area contributed by atoms with Crippen LogP contribution in [-0.2, 0) is 6.54 Å². The van der Waals surface area contributed by atoms with E-state index in [-0.39, 0.29) is 11.7 Å². The largest absolute Gasteiger partial charge is 0.393 e. The maximum absolute atomic E-state index is 13.5. The van der Waals surface area contributed by atoms with E-state index in [0.29, 0.717) is 10.6 Å². The van der Waals surface area contributed by atoms with Gasteiger partial charge in [-0.3, -0.25) is 14.3 Å². The van der Waals surface area contributed by atoms with Crippen LogP contribution in [0.2, 0.25) is 0 Å². The minimum Gasteiger partial charge on any atom is -0.393 e. The molecule has 1 saturated heterocycles. The molecule has 5 rings (SSSR count). The Labute approximate surface area is 226 Å². The van der Waals surface area contributed by atoms with Gasteiger partial charge >= 0.3 is 0 Å². The van der Waals surface area contributed by atoms with Gasteiger partial charge in [-0.1, -0.05) is 43.4 Å². The van der Waals surface area contributed by atoms with Gasteiger partial charge in [0.2, 0.25) is 0 Å². The normalized spacial score (nSPS) is 15.9. The SMILES string of the molecule is CC/C=C(\C/C=C\CCl)c1cc2ncn(-c3ccc4cc(CN5CCC(O)CC5)ccc4c3)c(=O)c2s1. The predicted molar refractivity (Wildman–Crippen MR) is 156 cm³/mol. The van der Waals surface area contributed by atoms with E-state index in [4.69, 9.17) is 11.6 Å². The van der Waals surface area contributed by atoms with Crippen LogP contribution < -0.4 is 5.56 Å². The molecule has 192 valence electrons. The topological polar surface area (TPSA) is 58.4 Å². The summed E-state index contributed by atoms with van der Waals surface area (Å²) in [5.41, 5.74) is 3.96. The molecule has 0 atom stereocenters. The third kappa shape index (κ3) is 5.88. The molecule has 1 fully saturated rings. The van der Waals surface area contributed by atoms with Gasteiger partial charge in [0.25, 0.3) is 5.56 Å². The molecule has 4 aromatic rings. The van der Waals surface area contributed by atoms with Crippen molar-refractivity contribution in [1.82, 2.24) is 14.5 Å². The predicted octanol–water partition coefficient (Wildman–Crippen LogP) is 6.54. The van der Waals surface area contributed by atoms with Crippen molar-refractivity contribution >= 4 is 49.5 Å². The van der Waals surface area contributed by atoms with Gasteiger partial charge in [-0.25, -0.2) is 4.98 Å². The second-order valence-electron chi connectivity index (χ2n) is 9.59. The summed E-state index contributed by atoms with van der Waals surface area (Å²) in [6, 6.07) is 14.7. The highest BCUT2D eigenvalue weighted by molar-refractivity contribution is 7.19. The zero-order valence-corrected chi connectivity index (χ0v) is 22.6. The van der Waals surface area contributed by atoms with Crippen molar-refractivity contribution in [2.75, 3.05) is 19.0 Å². The zero-order chi connectivity index (χ0) is 25.8. The van der Waals surface area contributed by atoms with Crippen molar-refractivity contribution < 1.29 is 5.11 Å². The summed E-state index contributed by atoms with van der Waals surface area (Å²) in [4.78, 5) is 21.6. The van der Waals surface area contributed by atoms with Crippen LogP contribution in [0.1, 0.15) is 43.0 Å². The number of aliphatic hydroxyl groups excluding tert-OH is 1. The number of halogens is 1. The Hall–Kier alpha value is -2.77. The van der Waals surface area contributed by atoms with Crippen molar-refractivity contribution in [3.8, 4) is 5.69 Å². The monoisotopic (exact) mass is 533 g/mol. The Morgan fingerprint density at radius 3 is 2.70 bits per heavy atom. The van der Waals surface area contributed by atoms with Gasteiger partial charge in [0.15, 0.2) is 0 Å². The van der Waals surface area contributed by atoms with Crippen molar-refractivity contribution in [1.29, 1.82) is 0 Å². The molecule has 1 N–H and O–H groups in total. The van der Waals surface area contributed by atoms with Gasteiger partial charge in [-0.05, 0) is 71.9 Å². The number of aromatic nitrogens is 2. The standard InChI is InChI=1S/C30H32ClN3O2S/c1-2-5-22(6-3-4-13-31)28-18-27-29(37-28)30(36)34(20-32-27)25-10-9-23-16-21(7-8-24(23)17-25)19-33-14-11-26(35)12-15-33/h3-5,7-10,16-18,20,26,35H,2,6,11-15,19H2,1H3/b4-3-,22-5+. The molecule has 1 aliphatic heterocycles. The van der Waals surface area contributed by atoms with Crippen LogP contribution >= 0.6 is 22.9 Å². The first kappa shape index (κ1) is 25.9. The first-order chi connectivity index (χ1) is 18.1. The highest BCUT2D eigenvalue weighted by Gasteiger charge is 2.17. The molecule has 0 spiro atoms. The minimum absolute atomic E-state index is 0.0448. The minimum atomic E-state index is -0.155. The highest BCUT2D eigenvalue weighted by atomic mass is 35.5. The molecular weight excluding hydrogens is 502 g/mol. The lowest BCUT2D eigenvalue weighted by Gasteiger charge is -2.29. The molecule has 7 heteroatoms. The van der Waals surface area contributed by atoms with E-state index in [1.165, 1.54) is 22.5 Å². The molecule has 1 aliphatic rings.